The monoisotopic (exact) mass is 464 g/mol. The summed E-state index contributed by atoms with van der Waals surface area (Å²) >= 11 is 0. The standard InChI is InChI=1S/C28H36N2O4/c1-3-29-19-11-4-12-20-30(28(32)21-13-5-8-16-24(21)33-2)23-15-7-10-18-26(23)34-25-17-9-6-14-22(25)27(29)31/h5-6,8-9,13-14,16-17,23,26H,3-4,7,10-12,15,18-20H2,1-2H3/t23-,26+/m1/s1. The van der Waals surface area contributed by atoms with Gasteiger partial charge in [-0.1, -0.05) is 30.7 Å². The summed E-state index contributed by atoms with van der Waals surface area (Å²) in [5.74, 6) is 1.23. The van der Waals surface area contributed by atoms with Crippen molar-refractivity contribution in [2.75, 3.05) is 26.7 Å². The number of carbonyl (C=O) groups is 2. The molecule has 0 bridgehead atoms. The third kappa shape index (κ3) is 5.21. The van der Waals surface area contributed by atoms with Crippen LogP contribution < -0.4 is 9.47 Å². The van der Waals surface area contributed by atoms with E-state index in [2.05, 4.69) is 0 Å². The molecule has 2 aliphatic rings. The molecule has 1 saturated carbocycles. The molecule has 4 rings (SSSR count). The van der Waals surface area contributed by atoms with Gasteiger partial charge in [-0.25, -0.2) is 0 Å². The molecule has 2 amide bonds. The Hall–Kier alpha value is -3.02. The van der Waals surface area contributed by atoms with Gasteiger partial charge < -0.3 is 19.3 Å². The van der Waals surface area contributed by atoms with Gasteiger partial charge in [-0.15, -0.1) is 0 Å². The van der Waals surface area contributed by atoms with Gasteiger partial charge in [0.15, 0.2) is 0 Å². The molecule has 6 heteroatoms. The van der Waals surface area contributed by atoms with Gasteiger partial charge in [0.1, 0.15) is 17.6 Å². The van der Waals surface area contributed by atoms with Crippen LogP contribution in [0.5, 0.6) is 11.5 Å². The quantitative estimate of drug-likeness (QED) is 0.629. The summed E-state index contributed by atoms with van der Waals surface area (Å²) in [5.41, 5.74) is 1.20. The first-order valence-corrected chi connectivity index (χ1v) is 12.6. The number of benzene rings is 2. The van der Waals surface area contributed by atoms with E-state index >= 15 is 0 Å². The summed E-state index contributed by atoms with van der Waals surface area (Å²) in [6.45, 7) is 4.06. The van der Waals surface area contributed by atoms with Crippen LogP contribution in [-0.2, 0) is 0 Å². The smallest absolute Gasteiger partial charge is 0.257 e. The molecule has 0 unspecified atom stereocenters. The van der Waals surface area contributed by atoms with Gasteiger partial charge in [0, 0.05) is 19.6 Å². The van der Waals surface area contributed by atoms with Crippen molar-refractivity contribution in [2.24, 2.45) is 0 Å². The minimum absolute atomic E-state index is 0.00707. The van der Waals surface area contributed by atoms with E-state index in [-0.39, 0.29) is 24.0 Å². The lowest BCUT2D eigenvalue weighted by Gasteiger charge is -2.40. The van der Waals surface area contributed by atoms with Crippen molar-refractivity contribution in [1.82, 2.24) is 9.80 Å². The SMILES string of the molecule is CCN1CCCCCN(C(=O)c2ccccc2OC)[C@@H]2CCCC[C@@H]2Oc2ccccc2C1=O. The third-order valence-corrected chi connectivity index (χ3v) is 7.06. The molecule has 0 N–H and O–H groups in total. The summed E-state index contributed by atoms with van der Waals surface area (Å²) < 4.78 is 12.1. The predicted molar refractivity (Wildman–Crippen MR) is 133 cm³/mol. The molecule has 6 nitrogen and oxygen atoms in total. The summed E-state index contributed by atoms with van der Waals surface area (Å²) in [6.07, 6.45) is 6.47. The molecule has 0 radical (unpaired) electrons. The molecule has 1 heterocycles. The van der Waals surface area contributed by atoms with Crippen LogP contribution in [0.4, 0.5) is 0 Å². The summed E-state index contributed by atoms with van der Waals surface area (Å²) in [7, 11) is 1.60. The number of carbonyl (C=O) groups excluding carboxylic acids is 2. The van der Waals surface area contributed by atoms with E-state index in [4.69, 9.17) is 9.47 Å². The number of ether oxygens (including phenoxy) is 2. The highest BCUT2D eigenvalue weighted by Crippen LogP contribution is 2.32. The van der Waals surface area contributed by atoms with E-state index in [1.54, 1.807) is 7.11 Å². The first-order valence-electron chi connectivity index (χ1n) is 12.6. The van der Waals surface area contributed by atoms with Crippen molar-refractivity contribution in [3.8, 4) is 11.5 Å². The average molecular weight is 465 g/mol. The van der Waals surface area contributed by atoms with Gasteiger partial charge in [0.05, 0.1) is 24.3 Å². The molecule has 1 aliphatic heterocycles. The van der Waals surface area contributed by atoms with Crippen LogP contribution in [-0.4, -0.2) is 60.5 Å². The zero-order valence-electron chi connectivity index (χ0n) is 20.4. The number of amides is 2. The van der Waals surface area contributed by atoms with E-state index in [0.29, 0.717) is 42.3 Å². The molecule has 0 aromatic heterocycles. The fourth-order valence-corrected chi connectivity index (χ4v) is 5.21. The Morgan fingerprint density at radius 1 is 0.971 bits per heavy atom. The molecule has 1 aliphatic carbocycles. The maximum absolute atomic E-state index is 13.8. The Kier molecular flexibility index (Phi) is 8.09. The number of methoxy groups -OCH3 is 1. The van der Waals surface area contributed by atoms with Crippen molar-refractivity contribution >= 4 is 11.8 Å². The van der Waals surface area contributed by atoms with E-state index in [0.717, 1.165) is 44.9 Å². The highest BCUT2D eigenvalue weighted by Gasteiger charge is 2.36. The third-order valence-electron chi connectivity index (χ3n) is 7.06. The lowest BCUT2D eigenvalue weighted by molar-refractivity contribution is 0.0270. The van der Waals surface area contributed by atoms with Gasteiger partial charge in [0.25, 0.3) is 11.8 Å². The molecule has 182 valence electrons. The van der Waals surface area contributed by atoms with Crippen molar-refractivity contribution in [3.05, 3.63) is 59.7 Å². The number of para-hydroxylation sites is 2. The molecule has 0 saturated heterocycles. The summed E-state index contributed by atoms with van der Waals surface area (Å²) in [4.78, 5) is 31.1. The number of hydrogen-bond donors (Lipinski definition) is 0. The second-order valence-corrected chi connectivity index (χ2v) is 9.15. The lowest BCUT2D eigenvalue weighted by Crippen LogP contribution is -2.51. The van der Waals surface area contributed by atoms with E-state index in [1.165, 1.54) is 0 Å². The van der Waals surface area contributed by atoms with E-state index in [1.807, 2.05) is 65.3 Å². The molecule has 0 spiro atoms. The first-order chi connectivity index (χ1) is 16.6. The van der Waals surface area contributed by atoms with Gasteiger partial charge in [-0.05, 0) is 69.7 Å². The van der Waals surface area contributed by atoms with Crippen molar-refractivity contribution < 1.29 is 19.1 Å². The van der Waals surface area contributed by atoms with Crippen LogP contribution >= 0.6 is 0 Å². The maximum Gasteiger partial charge on any atom is 0.257 e. The maximum atomic E-state index is 13.8. The van der Waals surface area contributed by atoms with E-state index < -0.39 is 0 Å². The normalized spacial score (nSPS) is 21.8. The summed E-state index contributed by atoms with van der Waals surface area (Å²) in [5, 5.41) is 0. The molecule has 34 heavy (non-hydrogen) atoms. The zero-order chi connectivity index (χ0) is 23.9. The van der Waals surface area contributed by atoms with Crippen LogP contribution in [0.3, 0.4) is 0 Å². The van der Waals surface area contributed by atoms with Gasteiger partial charge in [-0.3, -0.25) is 9.59 Å². The molecular formula is C28H36N2O4. The van der Waals surface area contributed by atoms with Crippen LogP contribution in [0, 0.1) is 0 Å². The van der Waals surface area contributed by atoms with Crippen LogP contribution in [0.2, 0.25) is 0 Å². The van der Waals surface area contributed by atoms with Crippen LogP contribution in [0.15, 0.2) is 48.5 Å². The second-order valence-electron chi connectivity index (χ2n) is 9.15. The minimum atomic E-state index is -0.155. The fraction of sp³-hybridized carbons (Fsp3) is 0.500. The van der Waals surface area contributed by atoms with Gasteiger partial charge >= 0.3 is 0 Å². The Balaban J connectivity index is 1.70. The Bertz CT molecular complexity index is 992. The molecule has 1 fully saturated rings. The fourth-order valence-electron chi connectivity index (χ4n) is 5.21. The molecule has 2 atom stereocenters. The number of rotatable bonds is 3. The number of nitrogens with zero attached hydrogens (tertiary/aromatic N) is 2. The van der Waals surface area contributed by atoms with E-state index in [9.17, 15) is 9.59 Å². The number of hydrogen-bond acceptors (Lipinski definition) is 4. The molecular weight excluding hydrogens is 428 g/mol. The van der Waals surface area contributed by atoms with Gasteiger partial charge in [-0.2, -0.15) is 0 Å². The van der Waals surface area contributed by atoms with Crippen molar-refractivity contribution in [1.29, 1.82) is 0 Å². The van der Waals surface area contributed by atoms with Crippen LogP contribution in [0.25, 0.3) is 0 Å². The number of fused-ring (bicyclic) bond motifs is 2. The largest absolute Gasteiger partial charge is 0.496 e. The molecule has 2 aromatic rings. The topological polar surface area (TPSA) is 59.1 Å². The van der Waals surface area contributed by atoms with Crippen LogP contribution in [0.1, 0.15) is 72.6 Å². The highest BCUT2D eigenvalue weighted by molar-refractivity contribution is 5.97. The lowest BCUT2D eigenvalue weighted by atomic mass is 9.90. The highest BCUT2D eigenvalue weighted by atomic mass is 16.5. The van der Waals surface area contributed by atoms with Crippen molar-refractivity contribution in [2.45, 2.75) is 64.0 Å². The predicted octanol–water partition coefficient (Wildman–Crippen LogP) is 5.17. The average Bonchev–Trinajstić information content (AvgIpc) is 2.89. The van der Waals surface area contributed by atoms with Crippen molar-refractivity contribution in [3.63, 3.8) is 0 Å². The Morgan fingerprint density at radius 3 is 2.53 bits per heavy atom. The minimum Gasteiger partial charge on any atom is -0.496 e. The first kappa shape index (κ1) is 24.1. The second kappa shape index (κ2) is 11.4. The zero-order valence-corrected chi connectivity index (χ0v) is 20.4. The summed E-state index contributed by atoms with van der Waals surface area (Å²) in [6, 6.07) is 14.9. The van der Waals surface area contributed by atoms with Gasteiger partial charge in [0.2, 0.25) is 0 Å². The Labute approximate surface area is 202 Å². The molecule has 2 aromatic carbocycles. The Morgan fingerprint density at radius 2 is 1.71 bits per heavy atom.